The van der Waals surface area contributed by atoms with E-state index >= 15 is 0 Å². The number of aromatic nitrogens is 2. The van der Waals surface area contributed by atoms with Gasteiger partial charge in [-0.25, -0.2) is 4.72 Å². The van der Waals surface area contributed by atoms with Crippen LogP contribution in [0, 0.1) is 6.92 Å². The minimum atomic E-state index is -3.43. The van der Waals surface area contributed by atoms with Gasteiger partial charge in [0.15, 0.2) is 0 Å². The number of aromatic amines is 1. The lowest BCUT2D eigenvalue weighted by atomic mass is 10.1. The van der Waals surface area contributed by atoms with E-state index in [1.807, 2.05) is 6.92 Å². The number of aryl methyl sites for hydroxylation is 2. The van der Waals surface area contributed by atoms with Crippen molar-refractivity contribution in [2.75, 3.05) is 26.7 Å². The average molecular weight is 290 g/mol. The van der Waals surface area contributed by atoms with Crippen molar-refractivity contribution in [2.45, 2.75) is 26.2 Å². The van der Waals surface area contributed by atoms with Crippen LogP contribution in [0.25, 0.3) is 0 Å². The Morgan fingerprint density at radius 1 is 1.47 bits per heavy atom. The molecule has 0 aliphatic rings. The summed E-state index contributed by atoms with van der Waals surface area (Å²) in [6, 6.07) is 0. The minimum absolute atomic E-state index is 0.0143. The smallest absolute Gasteiger partial charge is 0.279 e. The van der Waals surface area contributed by atoms with Crippen LogP contribution < -0.4 is 4.72 Å². The van der Waals surface area contributed by atoms with E-state index in [9.17, 15) is 8.42 Å². The van der Waals surface area contributed by atoms with Gasteiger partial charge < -0.3 is 5.11 Å². The first kappa shape index (κ1) is 16.1. The molecule has 1 heterocycles. The molecule has 7 nitrogen and oxygen atoms in total. The van der Waals surface area contributed by atoms with Gasteiger partial charge in [-0.05, 0) is 31.7 Å². The summed E-state index contributed by atoms with van der Waals surface area (Å²) < 4.78 is 27.3. The lowest BCUT2D eigenvalue weighted by molar-refractivity contribution is 0.275. The second-order valence-electron chi connectivity index (χ2n) is 4.42. The van der Waals surface area contributed by atoms with Crippen LogP contribution in [0.5, 0.6) is 0 Å². The monoisotopic (exact) mass is 290 g/mol. The van der Waals surface area contributed by atoms with Crippen molar-refractivity contribution in [3.63, 3.8) is 0 Å². The van der Waals surface area contributed by atoms with Gasteiger partial charge in [0.2, 0.25) is 0 Å². The lowest BCUT2D eigenvalue weighted by Gasteiger charge is -2.17. The SMILES string of the molecule is Cc1[nH]ncc1CCCNS(=O)(=O)N(C)CCCO. The van der Waals surface area contributed by atoms with Crippen LogP contribution in [0.1, 0.15) is 24.1 Å². The Balaban J connectivity index is 2.30. The van der Waals surface area contributed by atoms with E-state index in [1.165, 1.54) is 11.4 Å². The fraction of sp³-hybridized carbons (Fsp3) is 0.727. The van der Waals surface area contributed by atoms with Crippen LogP contribution in [-0.2, 0) is 16.6 Å². The first-order valence-electron chi connectivity index (χ1n) is 6.28. The molecular weight excluding hydrogens is 268 g/mol. The first-order valence-corrected chi connectivity index (χ1v) is 7.72. The van der Waals surface area contributed by atoms with Gasteiger partial charge in [-0.2, -0.15) is 17.8 Å². The van der Waals surface area contributed by atoms with Gasteiger partial charge in [0.25, 0.3) is 10.2 Å². The fourth-order valence-corrected chi connectivity index (χ4v) is 2.62. The third-order valence-electron chi connectivity index (χ3n) is 2.88. The molecule has 0 radical (unpaired) electrons. The zero-order valence-corrected chi connectivity index (χ0v) is 12.2. The highest BCUT2D eigenvalue weighted by Gasteiger charge is 2.15. The van der Waals surface area contributed by atoms with Crippen LogP contribution in [0.4, 0.5) is 0 Å². The van der Waals surface area contributed by atoms with Crippen LogP contribution in [0.3, 0.4) is 0 Å². The van der Waals surface area contributed by atoms with Crippen molar-refractivity contribution in [1.82, 2.24) is 19.2 Å². The molecule has 3 N–H and O–H groups in total. The van der Waals surface area contributed by atoms with Crippen molar-refractivity contribution in [3.8, 4) is 0 Å². The van der Waals surface area contributed by atoms with Gasteiger partial charge in [0.05, 0.1) is 6.20 Å². The van der Waals surface area contributed by atoms with E-state index in [4.69, 9.17) is 5.11 Å². The number of H-pyrrole nitrogens is 1. The molecule has 0 unspecified atom stereocenters. The summed E-state index contributed by atoms with van der Waals surface area (Å²) in [5, 5.41) is 15.4. The second-order valence-corrected chi connectivity index (χ2v) is 6.28. The highest BCUT2D eigenvalue weighted by Crippen LogP contribution is 2.05. The molecule has 0 aromatic carbocycles. The number of rotatable bonds is 9. The second kappa shape index (κ2) is 7.59. The van der Waals surface area contributed by atoms with Crippen molar-refractivity contribution >= 4 is 10.2 Å². The molecule has 0 aliphatic carbocycles. The predicted molar refractivity (Wildman–Crippen MR) is 72.9 cm³/mol. The quantitative estimate of drug-likeness (QED) is 0.548. The molecule has 1 aromatic rings. The Bertz CT molecular complexity index is 472. The van der Waals surface area contributed by atoms with Gasteiger partial charge in [-0.15, -0.1) is 0 Å². The lowest BCUT2D eigenvalue weighted by Crippen LogP contribution is -2.39. The summed E-state index contributed by atoms with van der Waals surface area (Å²) in [6.45, 7) is 2.62. The Hall–Kier alpha value is -0.960. The van der Waals surface area contributed by atoms with Crippen molar-refractivity contribution in [3.05, 3.63) is 17.5 Å². The maximum absolute atomic E-state index is 11.8. The van der Waals surface area contributed by atoms with Crippen molar-refractivity contribution in [2.24, 2.45) is 0 Å². The van der Waals surface area contributed by atoms with Crippen LogP contribution in [-0.4, -0.2) is 54.8 Å². The molecular formula is C11H22N4O3S. The van der Waals surface area contributed by atoms with E-state index in [0.29, 0.717) is 25.9 Å². The summed E-state index contributed by atoms with van der Waals surface area (Å²) in [5.74, 6) is 0. The number of hydrogen-bond acceptors (Lipinski definition) is 4. The molecule has 110 valence electrons. The Morgan fingerprint density at radius 2 is 2.21 bits per heavy atom. The molecule has 0 saturated heterocycles. The molecule has 1 aromatic heterocycles. The van der Waals surface area contributed by atoms with Gasteiger partial charge in [-0.3, -0.25) is 5.10 Å². The number of aliphatic hydroxyl groups is 1. The maximum Gasteiger partial charge on any atom is 0.279 e. The van der Waals surface area contributed by atoms with Crippen LogP contribution in [0.15, 0.2) is 6.20 Å². The van der Waals surface area contributed by atoms with Crippen molar-refractivity contribution in [1.29, 1.82) is 0 Å². The van der Waals surface area contributed by atoms with E-state index < -0.39 is 10.2 Å². The Labute approximate surface area is 114 Å². The molecule has 8 heteroatoms. The number of aliphatic hydroxyl groups excluding tert-OH is 1. The first-order chi connectivity index (χ1) is 8.97. The van der Waals surface area contributed by atoms with Crippen LogP contribution >= 0.6 is 0 Å². The summed E-state index contributed by atoms with van der Waals surface area (Å²) in [5.41, 5.74) is 2.12. The molecule has 1 rings (SSSR count). The summed E-state index contributed by atoms with van der Waals surface area (Å²) in [4.78, 5) is 0. The van der Waals surface area contributed by atoms with E-state index in [1.54, 1.807) is 6.20 Å². The van der Waals surface area contributed by atoms with Gasteiger partial charge in [0, 0.05) is 32.4 Å². The minimum Gasteiger partial charge on any atom is -0.396 e. The standard InChI is InChI=1S/C11H22N4O3S/c1-10-11(9-12-14-10)5-3-6-13-19(17,18)15(2)7-4-8-16/h9,13,16H,3-8H2,1-2H3,(H,12,14). The summed E-state index contributed by atoms with van der Waals surface area (Å²) >= 11 is 0. The third-order valence-corrected chi connectivity index (χ3v) is 4.46. The highest BCUT2D eigenvalue weighted by atomic mass is 32.2. The topological polar surface area (TPSA) is 98.3 Å². The van der Waals surface area contributed by atoms with Gasteiger partial charge >= 0.3 is 0 Å². The third kappa shape index (κ3) is 5.27. The highest BCUT2D eigenvalue weighted by molar-refractivity contribution is 7.87. The number of hydrogen-bond donors (Lipinski definition) is 3. The van der Waals surface area contributed by atoms with E-state index in [0.717, 1.165) is 17.7 Å². The Morgan fingerprint density at radius 3 is 2.79 bits per heavy atom. The normalized spacial score (nSPS) is 12.2. The molecule has 0 aliphatic heterocycles. The predicted octanol–water partition coefficient (Wildman–Crippen LogP) is -0.201. The van der Waals surface area contributed by atoms with Gasteiger partial charge in [-0.1, -0.05) is 0 Å². The zero-order valence-electron chi connectivity index (χ0n) is 11.4. The molecule has 0 fully saturated rings. The molecule has 0 atom stereocenters. The Kier molecular flexibility index (Phi) is 6.43. The number of nitrogens with zero attached hydrogens (tertiary/aromatic N) is 2. The van der Waals surface area contributed by atoms with Crippen LogP contribution in [0.2, 0.25) is 0 Å². The molecule has 0 amide bonds. The summed E-state index contributed by atoms with van der Waals surface area (Å²) in [6.07, 6.45) is 3.70. The van der Waals surface area contributed by atoms with E-state index in [-0.39, 0.29) is 6.61 Å². The molecule has 0 bridgehead atoms. The molecule has 0 spiro atoms. The largest absolute Gasteiger partial charge is 0.396 e. The maximum atomic E-state index is 11.8. The van der Waals surface area contributed by atoms with E-state index in [2.05, 4.69) is 14.9 Å². The molecule has 0 saturated carbocycles. The number of nitrogens with one attached hydrogen (secondary N) is 2. The molecule has 19 heavy (non-hydrogen) atoms. The summed E-state index contributed by atoms with van der Waals surface area (Å²) in [7, 11) is -1.94. The van der Waals surface area contributed by atoms with Crippen molar-refractivity contribution < 1.29 is 13.5 Å². The van der Waals surface area contributed by atoms with Gasteiger partial charge in [0.1, 0.15) is 0 Å². The fourth-order valence-electron chi connectivity index (χ4n) is 1.63. The average Bonchev–Trinajstić information content (AvgIpc) is 2.77. The zero-order chi connectivity index (χ0) is 14.3.